The lowest BCUT2D eigenvalue weighted by Crippen LogP contribution is -2.25. The summed E-state index contributed by atoms with van der Waals surface area (Å²) >= 11 is 5.96. The van der Waals surface area contributed by atoms with E-state index in [1.165, 1.54) is 0 Å². The number of aromatic nitrogens is 3. The van der Waals surface area contributed by atoms with Crippen molar-refractivity contribution in [1.29, 1.82) is 0 Å². The molecule has 0 aliphatic carbocycles. The van der Waals surface area contributed by atoms with Crippen LogP contribution in [0.2, 0.25) is 5.28 Å². The monoisotopic (exact) mass is 285 g/mol. The molecule has 0 saturated heterocycles. The van der Waals surface area contributed by atoms with Crippen LogP contribution in [-0.2, 0) is 0 Å². The highest BCUT2D eigenvalue weighted by Gasteiger charge is 2.12. The Bertz CT molecular complexity index is 393. The first-order chi connectivity index (χ1) is 8.97. The fourth-order valence-corrected chi connectivity index (χ4v) is 1.71. The molecular formula is C13H24ClN5. The Morgan fingerprint density at radius 1 is 1.11 bits per heavy atom. The maximum Gasteiger partial charge on any atom is 0.231 e. The topological polar surface area (TPSA) is 53.9 Å². The van der Waals surface area contributed by atoms with E-state index in [9.17, 15) is 0 Å². The minimum Gasteiger partial charge on any atom is -0.354 e. The molecule has 0 spiro atoms. The van der Waals surface area contributed by atoms with Gasteiger partial charge in [-0.15, -0.1) is 0 Å². The molecule has 1 atom stereocenters. The van der Waals surface area contributed by atoms with E-state index in [2.05, 4.69) is 54.9 Å². The fourth-order valence-electron chi connectivity index (χ4n) is 1.55. The van der Waals surface area contributed by atoms with Crippen LogP contribution in [0.25, 0.3) is 0 Å². The van der Waals surface area contributed by atoms with Gasteiger partial charge in [0.1, 0.15) is 0 Å². The lowest BCUT2D eigenvalue weighted by atomic mass is 9.98. The normalized spacial score (nSPS) is 12.6. The molecule has 1 N–H and O–H groups in total. The smallest absolute Gasteiger partial charge is 0.231 e. The van der Waals surface area contributed by atoms with Crippen molar-refractivity contribution >= 4 is 23.5 Å². The fraction of sp³-hybridized carbons (Fsp3) is 0.769. The third-order valence-corrected chi connectivity index (χ3v) is 3.53. The van der Waals surface area contributed by atoms with Gasteiger partial charge in [-0.25, -0.2) is 0 Å². The minimum atomic E-state index is 0.233. The summed E-state index contributed by atoms with van der Waals surface area (Å²) in [6.07, 6.45) is 0. The van der Waals surface area contributed by atoms with Crippen LogP contribution in [0.1, 0.15) is 34.6 Å². The highest BCUT2D eigenvalue weighted by atomic mass is 35.5. The zero-order valence-corrected chi connectivity index (χ0v) is 13.2. The van der Waals surface area contributed by atoms with Gasteiger partial charge in [0, 0.05) is 19.6 Å². The van der Waals surface area contributed by atoms with Crippen LogP contribution in [0.5, 0.6) is 0 Å². The van der Waals surface area contributed by atoms with Gasteiger partial charge in [-0.3, -0.25) is 0 Å². The Hall–Kier alpha value is -1.10. The Labute approximate surface area is 120 Å². The summed E-state index contributed by atoms with van der Waals surface area (Å²) in [5, 5.41) is 3.47. The van der Waals surface area contributed by atoms with Gasteiger partial charge in [0.15, 0.2) is 0 Å². The molecule has 0 radical (unpaired) electrons. The molecule has 1 rings (SSSR count). The second-order valence-corrected chi connectivity index (χ2v) is 5.34. The Balaban J connectivity index is 2.79. The number of hydrogen-bond donors (Lipinski definition) is 1. The lowest BCUT2D eigenvalue weighted by Gasteiger charge is -2.20. The summed E-state index contributed by atoms with van der Waals surface area (Å²) in [4.78, 5) is 14.8. The van der Waals surface area contributed by atoms with E-state index in [0.717, 1.165) is 19.6 Å². The molecule has 1 aromatic rings. The number of nitrogens with one attached hydrogen (secondary N) is 1. The Morgan fingerprint density at radius 2 is 1.74 bits per heavy atom. The van der Waals surface area contributed by atoms with E-state index in [4.69, 9.17) is 11.6 Å². The highest BCUT2D eigenvalue weighted by molar-refractivity contribution is 6.28. The molecule has 0 saturated carbocycles. The molecule has 5 nitrogen and oxygen atoms in total. The number of rotatable bonds is 7. The average molecular weight is 286 g/mol. The molecule has 0 aliphatic heterocycles. The maximum atomic E-state index is 5.96. The molecule has 0 aromatic carbocycles. The third-order valence-electron chi connectivity index (χ3n) is 3.36. The maximum absolute atomic E-state index is 5.96. The van der Waals surface area contributed by atoms with Gasteiger partial charge in [0.05, 0.1) is 0 Å². The van der Waals surface area contributed by atoms with E-state index in [0.29, 0.717) is 23.7 Å². The van der Waals surface area contributed by atoms with Gasteiger partial charge in [-0.2, -0.15) is 15.0 Å². The van der Waals surface area contributed by atoms with Gasteiger partial charge in [0.25, 0.3) is 0 Å². The predicted molar refractivity (Wildman–Crippen MR) is 80.9 cm³/mol. The summed E-state index contributed by atoms with van der Waals surface area (Å²) < 4.78 is 0. The SMILES string of the molecule is CCN(CC)c1nc(Cl)nc(NCC(C)C(C)C)n1. The Morgan fingerprint density at radius 3 is 2.26 bits per heavy atom. The van der Waals surface area contributed by atoms with Crippen LogP contribution < -0.4 is 10.2 Å². The molecule has 19 heavy (non-hydrogen) atoms. The molecule has 0 bridgehead atoms. The second kappa shape index (κ2) is 7.48. The third kappa shape index (κ3) is 4.82. The van der Waals surface area contributed by atoms with Crippen LogP contribution in [0.4, 0.5) is 11.9 Å². The van der Waals surface area contributed by atoms with Crippen molar-refractivity contribution in [3.63, 3.8) is 0 Å². The van der Waals surface area contributed by atoms with E-state index in [1.807, 2.05) is 4.90 Å². The van der Waals surface area contributed by atoms with Crippen LogP contribution in [0.15, 0.2) is 0 Å². The lowest BCUT2D eigenvalue weighted by molar-refractivity contribution is 0.439. The molecule has 1 unspecified atom stereocenters. The van der Waals surface area contributed by atoms with Gasteiger partial charge in [-0.05, 0) is 37.3 Å². The first kappa shape index (κ1) is 16.0. The quantitative estimate of drug-likeness (QED) is 0.834. The minimum absolute atomic E-state index is 0.233. The zero-order valence-electron chi connectivity index (χ0n) is 12.4. The summed E-state index contributed by atoms with van der Waals surface area (Å²) in [5.41, 5.74) is 0. The first-order valence-electron chi connectivity index (χ1n) is 6.88. The number of hydrogen-bond acceptors (Lipinski definition) is 5. The van der Waals surface area contributed by atoms with Gasteiger partial charge < -0.3 is 10.2 Å². The van der Waals surface area contributed by atoms with E-state index in [-0.39, 0.29) is 5.28 Å². The van der Waals surface area contributed by atoms with Crippen molar-refractivity contribution in [3.05, 3.63) is 5.28 Å². The van der Waals surface area contributed by atoms with Crippen LogP contribution in [0.3, 0.4) is 0 Å². The highest BCUT2D eigenvalue weighted by Crippen LogP contribution is 2.15. The molecule has 0 amide bonds. The van der Waals surface area contributed by atoms with Gasteiger partial charge in [0.2, 0.25) is 17.2 Å². The van der Waals surface area contributed by atoms with Gasteiger partial charge >= 0.3 is 0 Å². The summed E-state index contributed by atoms with van der Waals surface area (Å²) in [7, 11) is 0. The van der Waals surface area contributed by atoms with Crippen molar-refractivity contribution in [2.24, 2.45) is 11.8 Å². The standard InChI is InChI=1S/C13H24ClN5/c1-6-19(7-2)13-17-11(14)16-12(18-13)15-8-10(5)9(3)4/h9-10H,6-8H2,1-5H3,(H,15,16,17,18). The van der Waals surface area contributed by atoms with Crippen molar-refractivity contribution in [3.8, 4) is 0 Å². The molecule has 0 fully saturated rings. The van der Waals surface area contributed by atoms with Gasteiger partial charge in [-0.1, -0.05) is 20.8 Å². The first-order valence-corrected chi connectivity index (χ1v) is 7.26. The largest absolute Gasteiger partial charge is 0.354 e. The summed E-state index contributed by atoms with van der Waals surface area (Å²) in [6, 6.07) is 0. The molecule has 6 heteroatoms. The van der Waals surface area contributed by atoms with Crippen molar-refractivity contribution in [2.75, 3.05) is 29.9 Å². The molecule has 1 aromatic heterocycles. The molecular weight excluding hydrogens is 262 g/mol. The van der Waals surface area contributed by atoms with Crippen molar-refractivity contribution in [1.82, 2.24) is 15.0 Å². The second-order valence-electron chi connectivity index (χ2n) is 5.00. The zero-order chi connectivity index (χ0) is 14.4. The number of anilines is 2. The summed E-state index contributed by atoms with van der Waals surface area (Å²) in [5.74, 6) is 2.35. The van der Waals surface area contributed by atoms with Crippen LogP contribution in [-0.4, -0.2) is 34.6 Å². The molecule has 108 valence electrons. The van der Waals surface area contributed by atoms with Crippen LogP contribution in [0, 0.1) is 11.8 Å². The number of nitrogens with zero attached hydrogens (tertiary/aromatic N) is 4. The van der Waals surface area contributed by atoms with Crippen molar-refractivity contribution < 1.29 is 0 Å². The van der Waals surface area contributed by atoms with E-state index in [1.54, 1.807) is 0 Å². The van der Waals surface area contributed by atoms with Crippen LogP contribution >= 0.6 is 11.6 Å². The average Bonchev–Trinajstić information content (AvgIpc) is 2.36. The summed E-state index contributed by atoms with van der Waals surface area (Å²) in [6.45, 7) is 13.3. The molecule has 1 heterocycles. The molecule has 0 aliphatic rings. The van der Waals surface area contributed by atoms with Crippen molar-refractivity contribution in [2.45, 2.75) is 34.6 Å². The van der Waals surface area contributed by atoms with E-state index >= 15 is 0 Å². The van der Waals surface area contributed by atoms with E-state index < -0.39 is 0 Å². The predicted octanol–water partition coefficient (Wildman–Crippen LogP) is 3.08. The number of halogens is 1. The Kier molecular flexibility index (Phi) is 6.28.